The van der Waals surface area contributed by atoms with Crippen molar-refractivity contribution in [3.05, 3.63) is 200 Å². The van der Waals surface area contributed by atoms with Crippen LogP contribution in [-0.2, 0) is 0 Å². The molecule has 0 atom stereocenters. The number of nitrogens with zero attached hydrogens (tertiary/aromatic N) is 1. The Labute approximate surface area is 303 Å². The number of hydrogen-bond acceptors (Lipinski definition) is 1. The molecule has 1 heteroatoms. The minimum Gasteiger partial charge on any atom is -0.248 e. The molecule has 1 heterocycles. The summed E-state index contributed by atoms with van der Waals surface area (Å²) in [4.78, 5) is 5.24. The van der Waals surface area contributed by atoms with Gasteiger partial charge in [-0.05, 0) is 95.0 Å². The topological polar surface area (TPSA) is 12.9 Å². The number of rotatable bonds is 5. The van der Waals surface area contributed by atoms with Crippen molar-refractivity contribution in [2.45, 2.75) is 0 Å². The van der Waals surface area contributed by atoms with Crippen LogP contribution in [0.15, 0.2) is 200 Å². The highest BCUT2D eigenvalue weighted by Crippen LogP contribution is 2.45. The highest BCUT2D eigenvalue weighted by molar-refractivity contribution is 6.22. The van der Waals surface area contributed by atoms with Gasteiger partial charge in [0.05, 0.1) is 11.2 Å². The largest absolute Gasteiger partial charge is 0.248 e. The normalized spacial score (nSPS) is 11.5. The van der Waals surface area contributed by atoms with E-state index in [1.54, 1.807) is 0 Å². The van der Waals surface area contributed by atoms with Crippen LogP contribution < -0.4 is 0 Å². The Morgan fingerprint density at radius 2 is 0.788 bits per heavy atom. The Hall–Kier alpha value is -6.83. The van der Waals surface area contributed by atoms with E-state index in [2.05, 4.69) is 200 Å². The summed E-state index contributed by atoms with van der Waals surface area (Å²) in [6, 6.07) is 72.3. The second-order valence-corrected chi connectivity index (χ2v) is 13.5. The monoisotopic (exact) mass is 659 g/mol. The van der Waals surface area contributed by atoms with Gasteiger partial charge in [0.1, 0.15) is 0 Å². The van der Waals surface area contributed by atoms with E-state index >= 15 is 0 Å². The van der Waals surface area contributed by atoms with E-state index < -0.39 is 0 Å². The van der Waals surface area contributed by atoms with Gasteiger partial charge in [0.2, 0.25) is 0 Å². The Bertz CT molecular complexity index is 2910. The molecule has 52 heavy (non-hydrogen) atoms. The molecule has 1 nitrogen and oxygen atoms in total. The second kappa shape index (κ2) is 12.5. The van der Waals surface area contributed by atoms with Crippen LogP contribution in [-0.4, -0.2) is 4.98 Å². The van der Waals surface area contributed by atoms with Crippen LogP contribution in [0.25, 0.3) is 99.0 Å². The molecule has 0 spiro atoms. The van der Waals surface area contributed by atoms with Gasteiger partial charge in [-0.3, -0.25) is 0 Å². The predicted octanol–water partition coefficient (Wildman–Crippen LogP) is 14.0. The Morgan fingerprint density at radius 3 is 1.44 bits per heavy atom. The van der Waals surface area contributed by atoms with Crippen LogP contribution in [0.5, 0.6) is 0 Å². The highest BCUT2D eigenvalue weighted by atomic mass is 14.7. The van der Waals surface area contributed by atoms with Gasteiger partial charge < -0.3 is 0 Å². The zero-order chi connectivity index (χ0) is 34.4. The van der Waals surface area contributed by atoms with Crippen molar-refractivity contribution in [2.75, 3.05) is 0 Å². The zero-order valence-corrected chi connectivity index (χ0v) is 28.5. The number of fused-ring (bicyclic) bond motifs is 5. The molecule has 0 saturated heterocycles. The fourth-order valence-corrected chi connectivity index (χ4v) is 8.02. The Morgan fingerprint density at radius 1 is 0.288 bits per heavy atom. The SMILES string of the molecule is c1ccc(-c2c3ccccc3c(-c3ccccc3)c3cc(-c4ccc(-c5cc(-c6ccccc6)c6c(ccc7ccccc76)n5)cc4)ccc23)cc1. The average Bonchev–Trinajstić information content (AvgIpc) is 3.23. The summed E-state index contributed by atoms with van der Waals surface area (Å²) in [6.07, 6.45) is 0. The number of benzene rings is 9. The standard InChI is InChI=1S/C51H33N/c1-4-14-35(15-5-1)45-33-48(52-47-31-29-36-16-10-11-21-41(36)51(45)47)37-26-24-34(25-27-37)40-28-30-44-46(32-40)50(39-19-8-3-9-20-39)43-23-13-12-22-42(43)49(44)38-17-6-2-7-18-38/h1-33H. The summed E-state index contributed by atoms with van der Waals surface area (Å²) in [5.41, 5.74) is 12.8. The first-order valence-corrected chi connectivity index (χ1v) is 17.9. The van der Waals surface area contributed by atoms with Gasteiger partial charge in [-0.15, -0.1) is 0 Å². The van der Waals surface area contributed by atoms with Crippen LogP contribution in [0.1, 0.15) is 0 Å². The lowest BCUT2D eigenvalue weighted by molar-refractivity contribution is 1.40. The van der Waals surface area contributed by atoms with Gasteiger partial charge >= 0.3 is 0 Å². The first-order valence-electron chi connectivity index (χ1n) is 17.9. The molecular formula is C51H33N. The van der Waals surface area contributed by atoms with E-state index in [1.807, 2.05) is 0 Å². The third kappa shape index (κ3) is 5.06. The molecule has 0 bridgehead atoms. The average molecular weight is 660 g/mol. The lowest BCUT2D eigenvalue weighted by Gasteiger charge is -2.18. The van der Waals surface area contributed by atoms with Crippen LogP contribution in [0.3, 0.4) is 0 Å². The Kier molecular flexibility index (Phi) is 7.22. The maximum Gasteiger partial charge on any atom is 0.0722 e. The van der Waals surface area contributed by atoms with E-state index in [9.17, 15) is 0 Å². The van der Waals surface area contributed by atoms with Gasteiger partial charge in [0, 0.05) is 10.9 Å². The summed E-state index contributed by atoms with van der Waals surface area (Å²) in [7, 11) is 0. The van der Waals surface area contributed by atoms with E-state index in [4.69, 9.17) is 4.98 Å². The molecule has 242 valence electrons. The smallest absolute Gasteiger partial charge is 0.0722 e. The number of pyridine rings is 1. The fraction of sp³-hybridized carbons (Fsp3) is 0. The maximum absolute atomic E-state index is 5.24. The molecule has 0 unspecified atom stereocenters. The third-order valence-corrected chi connectivity index (χ3v) is 10.4. The molecule has 10 aromatic rings. The number of aromatic nitrogens is 1. The van der Waals surface area contributed by atoms with Gasteiger partial charge in [-0.2, -0.15) is 0 Å². The van der Waals surface area contributed by atoms with Crippen LogP contribution in [0.4, 0.5) is 0 Å². The van der Waals surface area contributed by atoms with Gasteiger partial charge in [-0.1, -0.05) is 182 Å². The molecule has 9 aromatic carbocycles. The lowest BCUT2D eigenvalue weighted by Crippen LogP contribution is -1.92. The van der Waals surface area contributed by atoms with Gasteiger partial charge in [-0.25, -0.2) is 4.98 Å². The summed E-state index contributed by atoms with van der Waals surface area (Å²) >= 11 is 0. The minimum absolute atomic E-state index is 0.969. The van der Waals surface area contributed by atoms with Crippen LogP contribution in [0, 0.1) is 0 Å². The van der Waals surface area contributed by atoms with E-state index in [0.29, 0.717) is 0 Å². The van der Waals surface area contributed by atoms with Crippen molar-refractivity contribution in [3.63, 3.8) is 0 Å². The first kappa shape index (κ1) is 30.0. The van der Waals surface area contributed by atoms with E-state index in [-0.39, 0.29) is 0 Å². The molecule has 0 aliphatic heterocycles. The first-order chi connectivity index (χ1) is 25.8. The van der Waals surface area contributed by atoms with Crippen molar-refractivity contribution in [2.24, 2.45) is 0 Å². The van der Waals surface area contributed by atoms with E-state index in [1.165, 1.54) is 82.2 Å². The lowest BCUT2D eigenvalue weighted by atomic mass is 9.85. The number of hydrogen-bond donors (Lipinski definition) is 0. The Balaban J connectivity index is 1.14. The highest BCUT2D eigenvalue weighted by Gasteiger charge is 2.18. The predicted molar refractivity (Wildman–Crippen MR) is 221 cm³/mol. The van der Waals surface area contributed by atoms with Crippen LogP contribution in [0.2, 0.25) is 0 Å². The maximum atomic E-state index is 5.24. The summed E-state index contributed by atoms with van der Waals surface area (Å²) in [5.74, 6) is 0. The van der Waals surface area contributed by atoms with Crippen LogP contribution >= 0.6 is 0 Å². The van der Waals surface area contributed by atoms with E-state index in [0.717, 1.165) is 16.8 Å². The molecule has 0 N–H and O–H groups in total. The zero-order valence-electron chi connectivity index (χ0n) is 28.5. The van der Waals surface area contributed by atoms with Crippen molar-refractivity contribution in [3.8, 4) is 55.8 Å². The molecule has 0 aliphatic rings. The quantitative estimate of drug-likeness (QED) is 0.132. The van der Waals surface area contributed by atoms with Gasteiger partial charge in [0.15, 0.2) is 0 Å². The summed E-state index contributed by atoms with van der Waals surface area (Å²) < 4.78 is 0. The molecule has 0 fully saturated rings. The second-order valence-electron chi connectivity index (χ2n) is 13.5. The molecule has 0 aliphatic carbocycles. The van der Waals surface area contributed by atoms with Crippen molar-refractivity contribution in [1.82, 2.24) is 4.98 Å². The fourth-order valence-electron chi connectivity index (χ4n) is 8.02. The third-order valence-electron chi connectivity index (χ3n) is 10.4. The molecule has 0 amide bonds. The van der Waals surface area contributed by atoms with Gasteiger partial charge in [0.25, 0.3) is 0 Å². The minimum atomic E-state index is 0.969. The van der Waals surface area contributed by atoms with Crippen molar-refractivity contribution >= 4 is 43.2 Å². The van der Waals surface area contributed by atoms with Crippen molar-refractivity contribution in [1.29, 1.82) is 0 Å². The van der Waals surface area contributed by atoms with Crippen molar-refractivity contribution < 1.29 is 0 Å². The molecule has 0 saturated carbocycles. The summed E-state index contributed by atoms with van der Waals surface area (Å²) in [5, 5.41) is 8.67. The molecule has 0 radical (unpaired) electrons. The molecule has 1 aromatic heterocycles. The summed E-state index contributed by atoms with van der Waals surface area (Å²) in [6.45, 7) is 0. The molecule has 10 rings (SSSR count). The molecular weight excluding hydrogens is 627 g/mol.